The SMILES string of the molecule is C[C@]12C=C[C@](C)(O1)[C@@H]1C(=O)N(C3CCCC3)C(=O)[C@H]12. The van der Waals surface area contributed by atoms with Gasteiger partial charge in [0.1, 0.15) is 0 Å². The molecule has 4 rings (SSSR count). The zero-order valence-corrected chi connectivity index (χ0v) is 11.4. The van der Waals surface area contributed by atoms with Crippen molar-refractivity contribution in [1.29, 1.82) is 0 Å². The molecule has 3 heterocycles. The molecule has 4 aliphatic rings. The van der Waals surface area contributed by atoms with E-state index >= 15 is 0 Å². The Kier molecular flexibility index (Phi) is 2.02. The summed E-state index contributed by atoms with van der Waals surface area (Å²) < 4.78 is 5.99. The standard InChI is InChI=1S/C15H19NO3/c1-14-7-8-15(2,19-14)11-10(14)12(17)16(13(11)18)9-5-3-4-6-9/h7-11H,3-6H2,1-2H3/t10-,11-,14-,15+/m0/s1. The van der Waals surface area contributed by atoms with Crippen LogP contribution in [-0.4, -0.2) is 34.0 Å². The van der Waals surface area contributed by atoms with Crippen LogP contribution in [0.25, 0.3) is 0 Å². The number of imide groups is 1. The third-order valence-electron chi connectivity index (χ3n) is 5.45. The van der Waals surface area contributed by atoms with E-state index in [2.05, 4.69) is 0 Å². The summed E-state index contributed by atoms with van der Waals surface area (Å²) in [6, 6.07) is 0.136. The number of nitrogens with zero attached hydrogens (tertiary/aromatic N) is 1. The number of hydrogen-bond donors (Lipinski definition) is 0. The zero-order valence-electron chi connectivity index (χ0n) is 11.4. The molecule has 0 aromatic rings. The predicted octanol–water partition coefficient (Wildman–Crippen LogP) is 1.65. The van der Waals surface area contributed by atoms with E-state index < -0.39 is 11.2 Å². The molecule has 0 spiro atoms. The highest BCUT2D eigenvalue weighted by molar-refractivity contribution is 6.07. The lowest BCUT2D eigenvalue weighted by molar-refractivity contribution is -0.148. The fraction of sp³-hybridized carbons (Fsp3) is 0.733. The van der Waals surface area contributed by atoms with E-state index in [4.69, 9.17) is 4.74 Å². The summed E-state index contributed by atoms with van der Waals surface area (Å²) in [4.78, 5) is 27.0. The van der Waals surface area contributed by atoms with Gasteiger partial charge >= 0.3 is 0 Å². The first kappa shape index (κ1) is 11.6. The monoisotopic (exact) mass is 261 g/mol. The molecule has 2 bridgehead atoms. The largest absolute Gasteiger partial charge is 0.359 e. The average molecular weight is 261 g/mol. The molecule has 2 amide bonds. The van der Waals surface area contributed by atoms with Crippen LogP contribution in [0.5, 0.6) is 0 Å². The summed E-state index contributed by atoms with van der Waals surface area (Å²) in [5.74, 6) is -0.624. The highest BCUT2D eigenvalue weighted by atomic mass is 16.5. The van der Waals surface area contributed by atoms with Crippen LogP contribution >= 0.6 is 0 Å². The first-order valence-corrected chi connectivity index (χ1v) is 7.24. The van der Waals surface area contributed by atoms with Crippen LogP contribution in [0.15, 0.2) is 12.2 Å². The molecular formula is C15H19NO3. The lowest BCUT2D eigenvalue weighted by atomic mass is 9.73. The van der Waals surface area contributed by atoms with E-state index in [1.807, 2.05) is 26.0 Å². The van der Waals surface area contributed by atoms with E-state index in [-0.39, 0.29) is 29.7 Å². The number of hydrogen-bond acceptors (Lipinski definition) is 3. The van der Waals surface area contributed by atoms with E-state index in [9.17, 15) is 9.59 Å². The molecule has 1 saturated carbocycles. The van der Waals surface area contributed by atoms with Crippen LogP contribution in [0.4, 0.5) is 0 Å². The fourth-order valence-corrected chi connectivity index (χ4v) is 4.58. The molecule has 0 unspecified atom stereocenters. The quantitative estimate of drug-likeness (QED) is 0.532. The van der Waals surface area contributed by atoms with E-state index in [0.717, 1.165) is 25.7 Å². The Bertz CT molecular complexity index is 472. The van der Waals surface area contributed by atoms with Gasteiger partial charge in [0, 0.05) is 6.04 Å². The summed E-state index contributed by atoms with van der Waals surface area (Å²) in [5, 5.41) is 0. The lowest BCUT2D eigenvalue weighted by Gasteiger charge is -2.28. The molecule has 4 atom stereocenters. The molecule has 3 fully saturated rings. The maximum atomic E-state index is 12.7. The van der Waals surface area contributed by atoms with Crippen LogP contribution < -0.4 is 0 Å². The minimum atomic E-state index is -0.584. The van der Waals surface area contributed by atoms with Gasteiger partial charge in [-0.3, -0.25) is 14.5 Å². The van der Waals surface area contributed by atoms with Crippen molar-refractivity contribution >= 4 is 11.8 Å². The maximum Gasteiger partial charge on any atom is 0.236 e. The highest BCUT2D eigenvalue weighted by Crippen LogP contribution is 2.57. The molecule has 1 aliphatic carbocycles. The number of fused-ring (bicyclic) bond motifs is 5. The second kappa shape index (κ2) is 3.29. The smallest absolute Gasteiger partial charge is 0.236 e. The molecule has 0 N–H and O–H groups in total. The number of likely N-dealkylation sites (tertiary alicyclic amines) is 1. The van der Waals surface area contributed by atoms with Gasteiger partial charge in [-0.2, -0.15) is 0 Å². The van der Waals surface area contributed by atoms with Crippen LogP contribution in [-0.2, 0) is 14.3 Å². The highest BCUT2D eigenvalue weighted by Gasteiger charge is 2.70. The van der Waals surface area contributed by atoms with Crippen LogP contribution in [0.2, 0.25) is 0 Å². The van der Waals surface area contributed by atoms with Crippen molar-refractivity contribution < 1.29 is 14.3 Å². The summed E-state index contributed by atoms with van der Waals surface area (Å²) in [6.07, 6.45) is 8.13. The first-order valence-electron chi connectivity index (χ1n) is 7.24. The van der Waals surface area contributed by atoms with Crippen molar-refractivity contribution in [3.63, 3.8) is 0 Å². The normalized spacial score (nSPS) is 48.6. The van der Waals surface area contributed by atoms with Crippen LogP contribution in [0.1, 0.15) is 39.5 Å². The van der Waals surface area contributed by atoms with Crippen molar-refractivity contribution in [2.75, 3.05) is 0 Å². The third kappa shape index (κ3) is 1.23. The molecule has 102 valence electrons. The summed E-state index contributed by atoms with van der Waals surface area (Å²) in [5.41, 5.74) is -1.17. The topological polar surface area (TPSA) is 46.6 Å². The number of carbonyl (C=O) groups is 2. The number of carbonyl (C=O) groups excluding carboxylic acids is 2. The first-order chi connectivity index (χ1) is 8.96. The van der Waals surface area contributed by atoms with Gasteiger partial charge in [-0.1, -0.05) is 25.0 Å². The molecule has 4 heteroatoms. The molecule has 2 saturated heterocycles. The minimum Gasteiger partial charge on any atom is -0.359 e. The van der Waals surface area contributed by atoms with Crippen LogP contribution in [0.3, 0.4) is 0 Å². The van der Waals surface area contributed by atoms with Crippen molar-refractivity contribution in [1.82, 2.24) is 4.90 Å². The predicted molar refractivity (Wildman–Crippen MR) is 68.1 cm³/mol. The van der Waals surface area contributed by atoms with Gasteiger partial charge in [-0.25, -0.2) is 0 Å². The van der Waals surface area contributed by atoms with Gasteiger partial charge in [-0.05, 0) is 26.7 Å². The Labute approximate surface area is 112 Å². The Morgan fingerprint density at radius 1 is 1.05 bits per heavy atom. The van der Waals surface area contributed by atoms with Crippen molar-refractivity contribution in [2.45, 2.75) is 56.8 Å². The molecule has 0 aromatic carbocycles. The average Bonchev–Trinajstić information content (AvgIpc) is 3.03. The Morgan fingerprint density at radius 3 is 2.00 bits per heavy atom. The van der Waals surface area contributed by atoms with E-state index in [1.54, 1.807) is 4.90 Å². The van der Waals surface area contributed by atoms with Gasteiger partial charge < -0.3 is 4.74 Å². The number of amides is 2. The fourth-order valence-electron chi connectivity index (χ4n) is 4.58. The second-order valence-electron chi connectivity index (χ2n) is 6.74. The zero-order chi connectivity index (χ0) is 13.4. The molecule has 0 radical (unpaired) electrons. The van der Waals surface area contributed by atoms with Crippen molar-refractivity contribution in [2.24, 2.45) is 11.8 Å². The van der Waals surface area contributed by atoms with Crippen LogP contribution in [0, 0.1) is 11.8 Å². The summed E-state index contributed by atoms with van der Waals surface area (Å²) in [7, 11) is 0. The van der Waals surface area contributed by atoms with Gasteiger partial charge in [-0.15, -0.1) is 0 Å². The summed E-state index contributed by atoms with van der Waals surface area (Å²) in [6.45, 7) is 3.87. The molecule has 0 aromatic heterocycles. The van der Waals surface area contributed by atoms with Gasteiger partial charge in [0.15, 0.2) is 0 Å². The molecule has 3 aliphatic heterocycles. The number of rotatable bonds is 1. The van der Waals surface area contributed by atoms with Crippen molar-refractivity contribution in [3.05, 3.63) is 12.2 Å². The Hall–Kier alpha value is -1.16. The van der Waals surface area contributed by atoms with Gasteiger partial charge in [0.25, 0.3) is 0 Å². The van der Waals surface area contributed by atoms with Crippen molar-refractivity contribution in [3.8, 4) is 0 Å². The molecular weight excluding hydrogens is 242 g/mol. The maximum absolute atomic E-state index is 12.7. The minimum absolute atomic E-state index is 0.00234. The molecule has 19 heavy (non-hydrogen) atoms. The van der Waals surface area contributed by atoms with E-state index in [0.29, 0.717) is 0 Å². The Balaban J connectivity index is 1.75. The second-order valence-corrected chi connectivity index (χ2v) is 6.74. The van der Waals surface area contributed by atoms with E-state index in [1.165, 1.54) is 0 Å². The lowest BCUT2D eigenvalue weighted by Crippen LogP contribution is -2.44. The molecule has 4 nitrogen and oxygen atoms in total. The number of ether oxygens (including phenoxy) is 1. The summed E-state index contributed by atoms with van der Waals surface area (Å²) >= 11 is 0. The van der Waals surface area contributed by atoms with Gasteiger partial charge in [0.05, 0.1) is 23.0 Å². The Morgan fingerprint density at radius 2 is 1.53 bits per heavy atom. The third-order valence-corrected chi connectivity index (χ3v) is 5.45. The van der Waals surface area contributed by atoms with Gasteiger partial charge in [0.2, 0.25) is 11.8 Å².